The van der Waals surface area contributed by atoms with E-state index in [1.165, 1.54) is 4.90 Å². The van der Waals surface area contributed by atoms with E-state index in [4.69, 9.17) is 5.73 Å². The maximum absolute atomic E-state index is 12.7. The molecule has 6 nitrogen and oxygen atoms in total. The van der Waals surface area contributed by atoms with Crippen molar-refractivity contribution in [2.24, 2.45) is 10.7 Å². The van der Waals surface area contributed by atoms with Gasteiger partial charge in [-0.1, -0.05) is 48.5 Å². The number of aliphatic imine (C=N–C) groups is 1. The van der Waals surface area contributed by atoms with Gasteiger partial charge in [0.05, 0.1) is 11.4 Å². The Kier molecular flexibility index (Phi) is 4.90. The number of rotatable bonds is 4. The predicted octanol–water partition coefficient (Wildman–Crippen LogP) is 1.29. The van der Waals surface area contributed by atoms with Gasteiger partial charge in [-0.15, -0.1) is 0 Å². The van der Waals surface area contributed by atoms with Crippen LogP contribution < -0.4 is 16.0 Å². The molecule has 0 fully saturated rings. The van der Waals surface area contributed by atoms with Crippen LogP contribution in [-0.4, -0.2) is 36.8 Å². The lowest BCUT2D eigenvalue weighted by atomic mass is 10.0. The molecular formula is C19H20N4O2. The molecule has 0 bridgehead atoms. The maximum atomic E-state index is 12.7. The first kappa shape index (κ1) is 16.9. The van der Waals surface area contributed by atoms with Crippen molar-refractivity contribution in [3.05, 3.63) is 65.7 Å². The lowest BCUT2D eigenvalue weighted by molar-refractivity contribution is -0.124. The van der Waals surface area contributed by atoms with E-state index in [9.17, 15) is 9.59 Å². The molecule has 0 saturated heterocycles. The van der Waals surface area contributed by atoms with Crippen LogP contribution in [0.5, 0.6) is 0 Å². The van der Waals surface area contributed by atoms with Crippen LogP contribution in [0.2, 0.25) is 0 Å². The molecule has 128 valence electrons. The van der Waals surface area contributed by atoms with Gasteiger partial charge >= 0.3 is 0 Å². The largest absolute Gasteiger partial charge is 0.355 e. The lowest BCUT2D eigenvalue weighted by Crippen LogP contribution is -2.47. The molecule has 1 aliphatic heterocycles. The standard InChI is InChI=1S/C19H20N4O2/c1-2-21-16(24)12-23-15-11-7-6-10-14(15)17(22-18(20)19(23)25)13-8-4-3-5-9-13/h3-11,18H,2,12,20H2,1H3,(H,21,24)/t18-/m1/s1. The highest BCUT2D eigenvalue weighted by Crippen LogP contribution is 2.27. The third-order valence-electron chi connectivity index (χ3n) is 3.96. The minimum absolute atomic E-state index is 0.0883. The van der Waals surface area contributed by atoms with E-state index in [-0.39, 0.29) is 12.5 Å². The number of hydrogen-bond acceptors (Lipinski definition) is 4. The number of anilines is 1. The van der Waals surface area contributed by atoms with Crippen molar-refractivity contribution in [1.29, 1.82) is 0 Å². The first-order chi connectivity index (χ1) is 12.1. The summed E-state index contributed by atoms with van der Waals surface area (Å²) in [6.45, 7) is 2.24. The number of benzodiazepines with no additional fused rings is 1. The average Bonchev–Trinajstić information content (AvgIpc) is 2.73. The second kappa shape index (κ2) is 7.27. The quantitative estimate of drug-likeness (QED) is 0.882. The van der Waals surface area contributed by atoms with Crippen molar-refractivity contribution in [1.82, 2.24) is 5.32 Å². The van der Waals surface area contributed by atoms with Gasteiger partial charge in [-0.25, -0.2) is 0 Å². The van der Waals surface area contributed by atoms with Gasteiger partial charge in [0.1, 0.15) is 6.54 Å². The van der Waals surface area contributed by atoms with E-state index in [0.717, 1.165) is 11.1 Å². The Balaban J connectivity index is 2.10. The Morgan fingerprint density at radius 3 is 2.56 bits per heavy atom. The Bertz CT molecular complexity index is 817. The summed E-state index contributed by atoms with van der Waals surface area (Å²) in [6.07, 6.45) is -1.06. The van der Waals surface area contributed by atoms with Gasteiger partial charge in [-0.05, 0) is 13.0 Å². The number of para-hydroxylation sites is 1. The highest BCUT2D eigenvalue weighted by Gasteiger charge is 2.30. The number of nitrogens with two attached hydrogens (primary N) is 1. The molecule has 1 heterocycles. The van der Waals surface area contributed by atoms with Crippen molar-refractivity contribution in [2.45, 2.75) is 13.1 Å². The summed E-state index contributed by atoms with van der Waals surface area (Å²) in [5.41, 5.74) is 8.95. The van der Waals surface area contributed by atoms with Crippen LogP contribution in [0.3, 0.4) is 0 Å². The fraction of sp³-hybridized carbons (Fsp3) is 0.211. The molecule has 25 heavy (non-hydrogen) atoms. The smallest absolute Gasteiger partial charge is 0.266 e. The molecule has 2 aromatic carbocycles. The van der Waals surface area contributed by atoms with Crippen LogP contribution in [0.15, 0.2) is 59.6 Å². The zero-order chi connectivity index (χ0) is 17.8. The zero-order valence-electron chi connectivity index (χ0n) is 14.0. The van der Waals surface area contributed by atoms with Gasteiger partial charge in [0.15, 0.2) is 6.17 Å². The number of hydrogen-bond donors (Lipinski definition) is 2. The van der Waals surface area contributed by atoms with E-state index in [1.54, 1.807) is 0 Å². The van der Waals surface area contributed by atoms with Crippen LogP contribution in [0, 0.1) is 0 Å². The van der Waals surface area contributed by atoms with Gasteiger partial charge in [-0.2, -0.15) is 0 Å². The van der Waals surface area contributed by atoms with Crippen molar-refractivity contribution in [2.75, 3.05) is 18.0 Å². The Morgan fingerprint density at radius 2 is 1.84 bits per heavy atom. The molecule has 3 N–H and O–H groups in total. The van der Waals surface area contributed by atoms with Gasteiger partial charge in [0, 0.05) is 17.7 Å². The second-order valence-electron chi connectivity index (χ2n) is 5.68. The summed E-state index contributed by atoms with van der Waals surface area (Å²) < 4.78 is 0. The molecule has 3 rings (SSSR count). The minimum Gasteiger partial charge on any atom is -0.355 e. The molecule has 0 aromatic heterocycles. The fourth-order valence-electron chi connectivity index (χ4n) is 2.84. The Hall–Kier alpha value is -2.99. The van der Waals surface area contributed by atoms with E-state index < -0.39 is 12.1 Å². The van der Waals surface area contributed by atoms with Crippen molar-refractivity contribution < 1.29 is 9.59 Å². The first-order valence-corrected chi connectivity index (χ1v) is 8.18. The Labute approximate surface area is 146 Å². The van der Waals surface area contributed by atoms with E-state index >= 15 is 0 Å². The summed E-state index contributed by atoms with van der Waals surface area (Å²) in [5, 5.41) is 2.71. The Morgan fingerprint density at radius 1 is 1.16 bits per heavy atom. The number of nitrogens with zero attached hydrogens (tertiary/aromatic N) is 2. The number of amides is 2. The molecule has 0 aliphatic carbocycles. The van der Waals surface area contributed by atoms with Crippen LogP contribution in [0.1, 0.15) is 18.1 Å². The third-order valence-corrected chi connectivity index (χ3v) is 3.96. The number of carbonyl (C=O) groups excluding carboxylic acids is 2. The summed E-state index contributed by atoms with van der Waals surface area (Å²) in [7, 11) is 0. The number of likely N-dealkylation sites (N-methyl/N-ethyl adjacent to an activating group) is 1. The maximum Gasteiger partial charge on any atom is 0.266 e. The molecule has 6 heteroatoms. The molecule has 0 spiro atoms. The fourth-order valence-corrected chi connectivity index (χ4v) is 2.84. The monoisotopic (exact) mass is 336 g/mol. The lowest BCUT2D eigenvalue weighted by Gasteiger charge is -2.23. The van der Waals surface area contributed by atoms with Crippen molar-refractivity contribution in [3.8, 4) is 0 Å². The normalized spacial score (nSPS) is 16.7. The number of nitrogens with one attached hydrogen (secondary N) is 1. The summed E-state index contributed by atoms with van der Waals surface area (Å²) in [5.74, 6) is -0.634. The van der Waals surface area contributed by atoms with E-state index in [2.05, 4.69) is 10.3 Å². The van der Waals surface area contributed by atoms with Crippen LogP contribution >= 0.6 is 0 Å². The van der Waals surface area contributed by atoms with Crippen molar-refractivity contribution in [3.63, 3.8) is 0 Å². The zero-order valence-corrected chi connectivity index (χ0v) is 14.0. The first-order valence-electron chi connectivity index (χ1n) is 8.18. The molecule has 2 aromatic rings. The van der Waals surface area contributed by atoms with Crippen LogP contribution in [0.4, 0.5) is 5.69 Å². The number of carbonyl (C=O) groups is 2. The molecule has 1 atom stereocenters. The van der Waals surface area contributed by atoms with E-state index in [1.807, 2.05) is 61.5 Å². The molecule has 0 saturated carbocycles. The number of fused-ring (bicyclic) bond motifs is 1. The van der Waals surface area contributed by atoms with Gasteiger partial charge < -0.3 is 11.1 Å². The molecule has 0 radical (unpaired) electrons. The topological polar surface area (TPSA) is 87.8 Å². The number of benzene rings is 2. The molecule has 2 amide bonds. The molecule has 1 aliphatic rings. The minimum atomic E-state index is -1.06. The summed E-state index contributed by atoms with van der Waals surface area (Å²) in [6, 6.07) is 17.0. The highest BCUT2D eigenvalue weighted by molar-refractivity contribution is 6.20. The summed E-state index contributed by atoms with van der Waals surface area (Å²) >= 11 is 0. The molecular weight excluding hydrogens is 316 g/mol. The van der Waals surface area contributed by atoms with Gasteiger partial charge in [0.2, 0.25) is 5.91 Å². The molecule has 0 unspecified atom stereocenters. The van der Waals surface area contributed by atoms with Crippen LogP contribution in [-0.2, 0) is 9.59 Å². The second-order valence-corrected chi connectivity index (χ2v) is 5.68. The predicted molar refractivity (Wildman–Crippen MR) is 97.5 cm³/mol. The van der Waals surface area contributed by atoms with Crippen molar-refractivity contribution >= 4 is 23.2 Å². The highest BCUT2D eigenvalue weighted by atomic mass is 16.2. The average molecular weight is 336 g/mol. The van der Waals surface area contributed by atoms with Crippen LogP contribution in [0.25, 0.3) is 0 Å². The van der Waals surface area contributed by atoms with E-state index in [0.29, 0.717) is 17.9 Å². The summed E-state index contributed by atoms with van der Waals surface area (Å²) in [4.78, 5) is 30.6. The SMILES string of the molecule is CCNC(=O)CN1C(=O)[C@H](N)N=C(c2ccccc2)c2ccccc21. The van der Waals surface area contributed by atoms with Gasteiger partial charge in [0.25, 0.3) is 5.91 Å². The van der Waals surface area contributed by atoms with Gasteiger partial charge in [-0.3, -0.25) is 19.5 Å². The third kappa shape index (κ3) is 3.44.